The number of ether oxygens (including phenoxy) is 2. The molecule has 0 radical (unpaired) electrons. The minimum atomic E-state index is -2.93. The lowest BCUT2D eigenvalue weighted by Crippen LogP contribution is -2.03. The maximum absolute atomic E-state index is 12.3. The molecule has 1 aromatic heterocycles. The first kappa shape index (κ1) is 19.6. The van der Waals surface area contributed by atoms with Gasteiger partial charge >= 0.3 is 6.61 Å². The Morgan fingerprint density at radius 1 is 1.14 bits per heavy atom. The van der Waals surface area contributed by atoms with E-state index in [1.165, 1.54) is 25.5 Å². The molecule has 2 aromatic carbocycles. The van der Waals surface area contributed by atoms with Crippen molar-refractivity contribution in [2.24, 2.45) is 5.16 Å². The molecule has 0 saturated heterocycles. The number of oxime groups is 1. The molecule has 146 valence electrons. The van der Waals surface area contributed by atoms with Gasteiger partial charge in [-0.2, -0.15) is 8.78 Å². The van der Waals surface area contributed by atoms with Crippen molar-refractivity contribution >= 4 is 17.8 Å². The number of methoxy groups -OCH3 is 1. The highest BCUT2D eigenvalue weighted by atomic mass is 35.5. The molecule has 9 heteroatoms. The summed E-state index contributed by atoms with van der Waals surface area (Å²) in [4.78, 5) is 5.18. The van der Waals surface area contributed by atoms with Gasteiger partial charge in [0.05, 0.1) is 13.3 Å². The van der Waals surface area contributed by atoms with Gasteiger partial charge in [-0.25, -0.2) is 0 Å². The summed E-state index contributed by atoms with van der Waals surface area (Å²) in [6.45, 7) is -2.86. The maximum atomic E-state index is 12.3. The second-order valence-corrected chi connectivity index (χ2v) is 5.92. The van der Waals surface area contributed by atoms with E-state index in [2.05, 4.69) is 15.0 Å². The average molecular weight is 409 g/mol. The predicted octanol–water partition coefficient (Wildman–Crippen LogP) is 5.16. The summed E-state index contributed by atoms with van der Waals surface area (Å²) in [5.41, 5.74) is 2.09. The molecule has 0 bridgehead atoms. The quantitative estimate of drug-likeness (QED) is 0.380. The van der Waals surface area contributed by atoms with Crippen LogP contribution in [0.25, 0.3) is 11.3 Å². The normalized spacial score (nSPS) is 11.2. The number of hydrogen-bond donors (Lipinski definition) is 0. The zero-order valence-corrected chi connectivity index (χ0v) is 15.4. The van der Waals surface area contributed by atoms with Gasteiger partial charge in [0.2, 0.25) is 0 Å². The van der Waals surface area contributed by atoms with E-state index in [0.717, 1.165) is 5.56 Å². The van der Waals surface area contributed by atoms with E-state index in [1.807, 2.05) is 12.1 Å². The van der Waals surface area contributed by atoms with Crippen LogP contribution in [0.2, 0.25) is 5.02 Å². The van der Waals surface area contributed by atoms with Crippen LogP contribution in [0.3, 0.4) is 0 Å². The van der Waals surface area contributed by atoms with E-state index >= 15 is 0 Å². The number of rotatable bonds is 8. The smallest absolute Gasteiger partial charge is 0.387 e. The van der Waals surface area contributed by atoms with Gasteiger partial charge in [-0.3, -0.25) is 0 Å². The molecule has 0 saturated carbocycles. The number of halogens is 3. The molecule has 0 amide bonds. The van der Waals surface area contributed by atoms with Crippen molar-refractivity contribution in [3.63, 3.8) is 0 Å². The van der Waals surface area contributed by atoms with Gasteiger partial charge in [-0.15, -0.1) is 0 Å². The highest BCUT2D eigenvalue weighted by Crippen LogP contribution is 2.29. The van der Waals surface area contributed by atoms with E-state index in [-0.39, 0.29) is 18.1 Å². The lowest BCUT2D eigenvalue weighted by atomic mass is 10.1. The summed E-state index contributed by atoms with van der Waals surface area (Å²) < 4.78 is 39.2. The van der Waals surface area contributed by atoms with Crippen LogP contribution < -0.4 is 9.47 Å². The van der Waals surface area contributed by atoms with Crippen molar-refractivity contribution in [1.29, 1.82) is 0 Å². The molecule has 0 aliphatic rings. The Morgan fingerprint density at radius 2 is 1.93 bits per heavy atom. The first-order chi connectivity index (χ1) is 13.5. The Labute approximate surface area is 164 Å². The van der Waals surface area contributed by atoms with E-state index in [0.29, 0.717) is 22.0 Å². The molecule has 3 rings (SSSR count). The van der Waals surface area contributed by atoms with Gasteiger partial charge in [0, 0.05) is 22.2 Å². The van der Waals surface area contributed by atoms with Crippen LogP contribution in [0.15, 0.2) is 58.2 Å². The molecule has 0 N–H and O–H groups in total. The highest BCUT2D eigenvalue weighted by Gasteiger charge is 2.11. The number of nitrogens with zero attached hydrogens (tertiary/aromatic N) is 2. The Balaban J connectivity index is 1.57. The van der Waals surface area contributed by atoms with Crippen molar-refractivity contribution in [1.82, 2.24) is 5.16 Å². The van der Waals surface area contributed by atoms with Crippen LogP contribution in [0, 0.1) is 0 Å². The van der Waals surface area contributed by atoms with E-state index in [4.69, 9.17) is 25.7 Å². The standard InChI is InChI=1S/C19H15ClF2N2O4/c1-25-18-8-12(2-7-17(18)27-19(21)22)10-23-26-11-15-9-16(24-28-15)13-3-5-14(20)6-4-13/h2-10,19H,11H2,1H3/b23-10+. The lowest BCUT2D eigenvalue weighted by molar-refractivity contribution is -0.0512. The van der Waals surface area contributed by atoms with Crippen LogP contribution >= 0.6 is 11.6 Å². The van der Waals surface area contributed by atoms with Crippen molar-refractivity contribution in [2.75, 3.05) is 7.11 Å². The summed E-state index contributed by atoms with van der Waals surface area (Å²) in [5, 5.41) is 8.42. The Bertz CT molecular complexity index is 945. The predicted molar refractivity (Wildman–Crippen MR) is 99.0 cm³/mol. The number of hydrogen-bond acceptors (Lipinski definition) is 6. The lowest BCUT2D eigenvalue weighted by Gasteiger charge is -2.09. The topological polar surface area (TPSA) is 66.1 Å². The minimum absolute atomic E-state index is 0.0630. The Morgan fingerprint density at radius 3 is 2.64 bits per heavy atom. The van der Waals surface area contributed by atoms with Crippen molar-refractivity contribution in [3.8, 4) is 22.8 Å². The van der Waals surface area contributed by atoms with Crippen molar-refractivity contribution < 1.29 is 27.6 Å². The average Bonchev–Trinajstić information content (AvgIpc) is 3.15. The highest BCUT2D eigenvalue weighted by molar-refractivity contribution is 6.30. The van der Waals surface area contributed by atoms with Crippen LogP contribution in [-0.2, 0) is 11.4 Å². The van der Waals surface area contributed by atoms with Crippen molar-refractivity contribution in [2.45, 2.75) is 13.2 Å². The minimum Gasteiger partial charge on any atom is -0.493 e. The van der Waals surface area contributed by atoms with E-state index in [9.17, 15) is 8.78 Å². The molecule has 0 unspecified atom stereocenters. The molecule has 0 spiro atoms. The molecular weight excluding hydrogens is 394 g/mol. The Kier molecular flexibility index (Phi) is 6.44. The summed E-state index contributed by atoms with van der Waals surface area (Å²) in [6.07, 6.45) is 1.41. The molecule has 0 aliphatic carbocycles. The molecule has 3 aromatic rings. The zero-order chi connectivity index (χ0) is 19.9. The van der Waals surface area contributed by atoms with Crippen LogP contribution in [0.5, 0.6) is 11.5 Å². The fraction of sp³-hybridized carbons (Fsp3) is 0.158. The largest absolute Gasteiger partial charge is 0.493 e. The molecular formula is C19H15ClF2N2O4. The van der Waals surface area contributed by atoms with Gasteiger partial charge in [0.1, 0.15) is 5.69 Å². The second-order valence-electron chi connectivity index (χ2n) is 5.48. The molecule has 0 fully saturated rings. The fourth-order valence-corrected chi connectivity index (χ4v) is 2.42. The fourth-order valence-electron chi connectivity index (χ4n) is 2.29. The molecule has 0 atom stereocenters. The molecule has 0 aliphatic heterocycles. The third kappa shape index (κ3) is 5.20. The zero-order valence-electron chi connectivity index (χ0n) is 14.6. The SMILES string of the molecule is COc1cc(/C=N/OCc2cc(-c3ccc(Cl)cc3)no2)ccc1OC(F)F. The summed E-state index contributed by atoms with van der Waals surface area (Å²) >= 11 is 5.86. The summed E-state index contributed by atoms with van der Waals surface area (Å²) in [7, 11) is 1.35. The van der Waals surface area contributed by atoms with E-state index in [1.54, 1.807) is 24.3 Å². The first-order valence-electron chi connectivity index (χ1n) is 8.05. The van der Waals surface area contributed by atoms with Gasteiger partial charge in [-0.05, 0) is 30.3 Å². The first-order valence-corrected chi connectivity index (χ1v) is 8.42. The van der Waals surface area contributed by atoms with Gasteiger partial charge in [0.15, 0.2) is 23.9 Å². The molecule has 1 heterocycles. The van der Waals surface area contributed by atoms with Crippen LogP contribution in [0.4, 0.5) is 8.78 Å². The summed E-state index contributed by atoms with van der Waals surface area (Å²) in [5.74, 6) is 0.583. The third-order valence-corrected chi connectivity index (χ3v) is 3.84. The van der Waals surface area contributed by atoms with Gasteiger partial charge in [0.25, 0.3) is 0 Å². The van der Waals surface area contributed by atoms with Crippen LogP contribution in [0.1, 0.15) is 11.3 Å². The third-order valence-electron chi connectivity index (χ3n) is 3.59. The maximum Gasteiger partial charge on any atom is 0.387 e. The van der Waals surface area contributed by atoms with Crippen molar-refractivity contribution in [3.05, 3.63) is 64.9 Å². The van der Waals surface area contributed by atoms with Gasteiger partial charge in [-0.1, -0.05) is 34.0 Å². The van der Waals surface area contributed by atoms with E-state index < -0.39 is 6.61 Å². The monoisotopic (exact) mass is 408 g/mol. The molecule has 6 nitrogen and oxygen atoms in total. The van der Waals surface area contributed by atoms with Crippen LogP contribution in [-0.4, -0.2) is 25.1 Å². The second kappa shape index (κ2) is 9.18. The van der Waals surface area contributed by atoms with Gasteiger partial charge < -0.3 is 18.8 Å². The number of benzene rings is 2. The molecule has 28 heavy (non-hydrogen) atoms. The summed E-state index contributed by atoms with van der Waals surface area (Å²) in [6, 6.07) is 13.3. The number of alkyl halides is 2. The Hall–Kier alpha value is -3.13. The number of aromatic nitrogens is 1.